The molecule has 0 aliphatic heterocycles. The molecule has 0 atom stereocenters. The van der Waals surface area contributed by atoms with Crippen molar-refractivity contribution in [1.29, 1.82) is 0 Å². The van der Waals surface area contributed by atoms with E-state index >= 15 is 0 Å². The quantitative estimate of drug-likeness (QED) is 0.538. The van der Waals surface area contributed by atoms with Gasteiger partial charge in [-0.2, -0.15) is 4.99 Å². The first-order valence-corrected chi connectivity index (χ1v) is 9.22. The molecule has 6 heteroatoms. The van der Waals surface area contributed by atoms with Crippen LogP contribution in [0, 0.1) is 0 Å². The van der Waals surface area contributed by atoms with Gasteiger partial charge < -0.3 is 14.0 Å². The summed E-state index contributed by atoms with van der Waals surface area (Å²) < 4.78 is 13.7. The van der Waals surface area contributed by atoms with Crippen LogP contribution >= 0.6 is 11.3 Å². The molecule has 0 N–H and O–H groups in total. The van der Waals surface area contributed by atoms with Gasteiger partial charge in [0.1, 0.15) is 21.7 Å². The number of ether oxygens (including phenoxy) is 2. The number of amides is 1. The third-order valence-corrected chi connectivity index (χ3v) is 5.65. The zero-order chi connectivity index (χ0) is 19.0. The van der Waals surface area contributed by atoms with Crippen molar-refractivity contribution in [3.63, 3.8) is 0 Å². The van der Waals surface area contributed by atoms with Crippen LogP contribution in [0.2, 0.25) is 0 Å². The highest BCUT2D eigenvalue weighted by atomic mass is 32.1. The van der Waals surface area contributed by atoms with E-state index in [-0.39, 0.29) is 5.91 Å². The molecule has 0 spiro atoms. The van der Waals surface area contributed by atoms with Gasteiger partial charge in [-0.3, -0.25) is 4.79 Å². The average Bonchev–Trinajstić information content (AvgIpc) is 3.03. The zero-order valence-electron chi connectivity index (χ0n) is 15.2. The van der Waals surface area contributed by atoms with Crippen LogP contribution in [0.4, 0.5) is 0 Å². The molecule has 0 bridgehead atoms. The molecular weight excluding hydrogens is 360 g/mol. The third kappa shape index (κ3) is 2.98. The Morgan fingerprint density at radius 2 is 1.67 bits per heavy atom. The molecule has 0 saturated heterocycles. The maximum Gasteiger partial charge on any atom is 0.279 e. The number of fused-ring (bicyclic) bond motifs is 2. The highest BCUT2D eigenvalue weighted by Crippen LogP contribution is 2.34. The number of benzene rings is 3. The summed E-state index contributed by atoms with van der Waals surface area (Å²) in [5.74, 6) is 1.16. The second-order valence-electron chi connectivity index (χ2n) is 6.07. The molecule has 3 aromatic carbocycles. The predicted molar refractivity (Wildman–Crippen MR) is 108 cm³/mol. The topological polar surface area (TPSA) is 52.8 Å². The summed E-state index contributed by atoms with van der Waals surface area (Å²) in [6, 6.07) is 17.3. The van der Waals surface area contributed by atoms with Crippen LogP contribution in [0.25, 0.3) is 21.0 Å². The van der Waals surface area contributed by atoms with Gasteiger partial charge in [-0.15, -0.1) is 0 Å². The van der Waals surface area contributed by atoms with E-state index in [0.29, 0.717) is 16.1 Å². The first kappa shape index (κ1) is 17.3. The molecule has 136 valence electrons. The van der Waals surface area contributed by atoms with Gasteiger partial charge in [0.05, 0.1) is 14.2 Å². The summed E-state index contributed by atoms with van der Waals surface area (Å²) >= 11 is 1.40. The Kier molecular flexibility index (Phi) is 4.41. The second kappa shape index (κ2) is 6.89. The molecule has 0 radical (unpaired) electrons. The average molecular weight is 378 g/mol. The van der Waals surface area contributed by atoms with E-state index in [0.717, 1.165) is 26.7 Å². The molecule has 1 heterocycles. The summed E-state index contributed by atoms with van der Waals surface area (Å²) in [6.07, 6.45) is 0. The van der Waals surface area contributed by atoms with Crippen molar-refractivity contribution in [3.8, 4) is 11.5 Å². The van der Waals surface area contributed by atoms with Gasteiger partial charge in [-0.05, 0) is 35.0 Å². The van der Waals surface area contributed by atoms with E-state index in [9.17, 15) is 4.79 Å². The Balaban J connectivity index is 1.86. The van der Waals surface area contributed by atoms with E-state index in [1.165, 1.54) is 11.3 Å². The number of aromatic nitrogens is 1. The van der Waals surface area contributed by atoms with Crippen molar-refractivity contribution in [3.05, 3.63) is 65.0 Å². The maximum absolute atomic E-state index is 12.8. The minimum absolute atomic E-state index is 0.277. The van der Waals surface area contributed by atoms with Crippen LogP contribution < -0.4 is 14.3 Å². The third-order valence-electron chi connectivity index (χ3n) is 4.51. The van der Waals surface area contributed by atoms with Crippen molar-refractivity contribution < 1.29 is 14.3 Å². The Bertz CT molecular complexity index is 1240. The first-order chi connectivity index (χ1) is 13.1. The van der Waals surface area contributed by atoms with Crippen molar-refractivity contribution >= 4 is 38.2 Å². The zero-order valence-corrected chi connectivity index (χ0v) is 16.0. The normalized spacial score (nSPS) is 11.9. The Labute approximate surface area is 160 Å². The highest BCUT2D eigenvalue weighted by molar-refractivity contribution is 7.16. The number of thiazole rings is 1. The Morgan fingerprint density at radius 1 is 0.963 bits per heavy atom. The molecule has 0 fully saturated rings. The lowest BCUT2D eigenvalue weighted by atomic mass is 10.1. The molecular formula is C21H18N2O3S. The smallest absolute Gasteiger partial charge is 0.279 e. The standard InChI is InChI=1S/C21H18N2O3S/c1-23-18-16(25-2)10-11-17(26-3)19(18)27-21(23)22-20(24)15-9-8-13-6-4-5-7-14(13)12-15/h4-12H,1-3H3. The number of hydrogen-bond acceptors (Lipinski definition) is 4. The molecule has 4 aromatic rings. The van der Waals surface area contributed by atoms with E-state index in [2.05, 4.69) is 4.99 Å². The molecule has 27 heavy (non-hydrogen) atoms. The first-order valence-electron chi connectivity index (χ1n) is 8.40. The van der Waals surface area contributed by atoms with Crippen LogP contribution in [-0.4, -0.2) is 24.7 Å². The number of aryl methyl sites for hydroxylation is 1. The van der Waals surface area contributed by atoms with Gasteiger partial charge in [0, 0.05) is 12.6 Å². The summed E-state index contributed by atoms with van der Waals surface area (Å²) in [5.41, 5.74) is 1.41. The molecule has 0 aliphatic rings. The van der Waals surface area contributed by atoms with Crippen molar-refractivity contribution in [2.45, 2.75) is 0 Å². The van der Waals surface area contributed by atoms with Crippen LogP contribution in [0.1, 0.15) is 10.4 Å². The second-order valence-corrected chi connectivity index (χ2v) is 7.05. The van der Waals surface area contributed by atoms with Crippen LogP contribution in [0.5, 0.6) is 11.5 Å². The fourth-order valence-electron chi connectivity index (χ4n) is 3.10. The molecule has 4 rings (SSSR count). The lowest BCUT2D eigenvalue weighted by molar-refractivity contribution is 0.0998. The number of nitrogens with zero attached hydrogens (tertiary/aromatic N) is 2. The molecule has 0 aliphatic carbocycles. The van der Waals surface area contributed by atoms with E-state index in [1.54, 1.807) is 14.2 Å². The summed E-state index contributed by atoms with van der Waals surface area (Å²) in [6.45, 7) is 0. The van der Waals surface area contributed by atoms with Crippen molar-refractivity contribution in [2.75, 3.05) is 14.2 Å². The van der Waals surface area contributed by atoms with E-state index in [1.807, 2.05) is 66.2 Å². The fraction of sp³-hybridized carbons (Fsp3) is 0.143. The minimum atomic E-state index is -0.277. The van der Waals surface area contributed by atoms with Gasteiger partial charge in [0.2, 0.25) is 0 Å². The molecule has 1 amide bonds. The molecule has 0 unspecified atom stereocenters. The Morgan fingerprint density at radius 3 is 2.41 bits per heavy atom. The summed E-state index contributed by atoms with van der Waals surface area (Å²) in [5, 5.41) is 2.11. The SMILES string of the molecule is COc1ccc(OC)c2c1sc(=NC(=O)c1ccc3ccccc3c1)n2C. The van der Waals surface area contributed by atoms with Gasteiger partial charge in [-0.1, -0.05) is 41.7 Å². The summed E-state index contributed by atoms with van der Waals surface area (Å²) in [4.78, 5) is 17.7. The number of carbonyl (C=O) groups is 1. The maximum atomic E-state index is 12.8. The van der Waals surface area contributed by atoms with Gasteiger partial charge in [0.25, 0.3) is 5.91 Å². The van der Waals surface area contributed by atoms with Crippen molar-refractivity contribution in [1.82, 2.24) is 4.57 Å². The van der Waals surface area contributed by atoms with Crippen LogP contribution in [0.3, 0.4) is 0 Å². The summed E-state index contributed by atoms with van der Waals surface area (Å²) in [7, 11) is 5.11. The molecule has 5 nitrogen and oxygen atoms in total. The van der Waals surface area contributed by atoms with Gasteiger partial charge in [-0.25, -0.2) is 0 Å². The van der Waals surface area contributed by atoms with E-state index < -0.39 is 0 Å². The molecule has 1 aromatic heterocycles. The Hall–Kier alpha value is -3.12. The highest BCUT2D eigenvalue weighted by Gasteiger charge is 2.15. The number of hydrogen-bond donors (Lipinski definition) is 0. The van der Waals surface area contributed by atoms with Crippen LogP contribution in [0.15, 0.2) is 59.6 Å². The molecule has 0 saturated carbocycles. The fourth-order valence-corrected chi connectivity index (χ4v) is 4.23. The van der Waals surface area contributed by atoms with E-state index in [4.69, 9.17) is 9.47 Å². The van der Waals surface area contributed by atoms with Crippen molar-refractivity contribution in [2.24, 2.45) is 12.0 Å². The number of rotatable bonds is 3. The van der Waals surface area contributed by atoms with Gasteiger partial charge >= 0.3 is 0 Å². The predicted octanol–water partition coefficient (Wildman–Crippen LogP) is 4.15. The van der Waals surface area contributed by atoms with Gasteiger partial charge in [0.15, 0.2) is 4.80 Å². The minimum Gasteiger partial charge on any atom is -0.495 e. The number of methoxy groups -OCH3 is 2. The lowest BCUT2D eigenvalue weighted by Gasteiger charge is -2.06. The van der Waals surface area contributed by atoms with Crippen LogP contribution in [-0.2, 0) is 7.05 Å². The number of carbonyl (C=O) groups excluding carboxylic acids is 1. The monoisotopic (exact) mass is 378 g/mol. The lowest BCUT2D eigenvalue weighted by Crippen LogP contribution is -2.13. The largest absolute Gasteiger partial charge is 0.495 e.